The van der Waals surface area contributed by atoms with Gasteiger partial charge in [0.25, 0.3) is 0 Å². The van der Waals surface area contributed by atoms with Gasteiger partial charge in [0, 0.05) is 9.79 Å². The predicted octanol–water partition coefficient (Wildman–Crippen LogP) is 4.42. The average Bonchev–Trinajstić information content (AvgIpc) is 2.58. The Kier molecular flexibility index (Phi) is 5.91. The Bertz CT molecular complexity index is 651. The van der Waals surface area contributed by atoms with E-state index >= 15 is 0 Å². The van der Waals surface area contributed by atoms with E-state index in [-0.39, 0.29) is 0 Å². The molecule has 0 aliphatic heterocycles. The molecule has 0 heterocycles. The lowest BCUT2D eigenvalue weighted by Gasteiger charge is -2.09. The SMILES string of the molecule is C[C@@H](C#N)Oc1ccc(Sc2ccc(O[C@@H](C)C#N)cc2)cc1. The van der Waals surface area contributed by atoms with Crippen LogP contribution in [0.2, 0.25) is 0 Å². The van der Waals surface area contributed by atoms with Crippen molar-refractivity contribution in [2.24, 2.45) is 0 Å². The zero-order valence-electron chi connectivity index (χ0n) is 12.9. The fourth-order valence-corrected chi connectivity index (χ4v) is 2.59. The summed E-state index contributed by atoms with van der Waals surface area (Å²) in [5, 5.41) is 17.5. The predicted molar refractivity (Wildman–Crippen MR) is 88.4 cm³/mol. The summed E-state index contributed by atoms with van der Waals surface area (Å²) >= 11 is 1.61. The third kappa shape index (κ3) is 5.25. The van der Waals surface area contributed by atoms with E-state index in [1.165, 1.54) is 0 Å². The van der Waals surface area contributed by atoms with Crippen molar-refractivity contribution in [3.8, 4) is 23.6 Å². The monoisotopic (exact) mass is 324 g/mol. The zero-order chi connectivity index (χ0) is 16.7. The van der Waals surface area contributed by atoms with Crippen molar-refractivity contribution in [1.29, 1.82) is 10.5 Å². The molecule has 0 aliphatic rings. The summed E-state index contributed by atoms with van der Waals surface area (Å²) in [5.41, 5.74) is 0. The van der Waals surface area contributed by atoms with Gasteiger partial charge < -0.3 is 9.47 Å². The standard InChI is InChI=1S/C18H16N2O2S/c1-13(11-19)21-15-3-7-17(8-4-15)23-18-9-5-16(6-10-18)22-14(2)12-20/h3-10,13-14H,1-2H3/t13-,14-/m0/s1. The van der Waals surface area contributed by atoms with Crippen LogP contribution >= 0.6 is 11.8 Å². The largest absolute Gasteiger partial charge is 0.476 e. The van der Waals surface area contributed by atoms with Crippen LogP contribution in [-0.4, -0.2) is 12.2 Å². The Balaban J connectivity index is 1.97. The number of nitrogens with zero attached hydrogens (tertiary/aromatic N) is 2. The molecule has 0 aliphatic carbocycles. The van der Waals surface area contributed by atoms with Gasteiger partial charge in [0.15, 0.2) is 12.2 Å². The van der Waals surface area contributed by atoms with Gasteiger partial charge in [0.1, 0.15) is 23.6 Å². The number of benzene rings is 2. The molecular weight excluding hydrogens is 308 g/mol. The Labute approximate surface area is 140 Å². The minimum atomic E-state index is -0.461. The average molecular weight is 324 g/mol. The van der Waals surface area contributed by atoms with Gasteiger partial charge in [0.05, 0.1) is 0 Å². The molecule has 116 valence electrons. The molecule has 2 aromatic carbocycles. The summed E-state index contributed by atoms with van der Waals surface area (Å²) in [4.78, 5) is 2.14. The van der Waals surface area contributed by atoms with Gasteiger partial charge in [-0.25, -0.2) is 0 Å². The van der Waals surface area contributed by atoms with Gasteiger partial charge in [-0.15, -0.1) is 0 Å². The van der Waals surface area contributed by atoms with Gasteiger partial charge in [-0.1, -0.05) is 11.8 Å². The van der Waals surface area contributed by atoms with Crippen LogP contribution in [0.5, 0.6) is 11.5 Å². The van der Waals surface area contributed by atoms with Crippen LogP contribution < -0.4 is 9.47 Å². The molecular formula is C18H16N2O2S. The lowest BCUT2D eigenvalue weighted by molar-refractivity contribution is 0.276. The lowest BCUT2D eigenvalue weighted by atomic mass is 10.3. The second-order valence-electron chi connectivity index (χ2n) is 4.82. The molecule has 5 heteroatoms. The Morgan fingerprint density at radius 1 is 0.739 bits per heavy atom. The third-order valence-corrected chi connectivity index (χ3v) is 3.89. The van der Waals surface area contributed by atoms with Crippen molar-refractivity contribution in [1.82, 2.24) is 0 Å². The molecule has 0 N–H and O–H groups in total. The highest BCUT2D eigenvalue weighted by molar-refractivity contribution is 7.99. The first-order valence-electron chi connectivity index (χ1n) is 7.11. The minimum Gasteiger partial charge on any atom is -0.476 e. The fraction of sp³-hybridized carbons (Fsp3) is 0.222. The highest BCUT2D eigenvalue weighted by atomic mass is 32.2. The minimum absolute atomic E-state index is 0.461. The summed E-state index contributed by atoms with van der Waals surface area (Å²) in [7, 11) is 0. The summed E-state index contributed by atoms with van der Waals surface area (Å²) in [6, 6.07) is 19.3. The Morgan fingerprint density at radius 3 is 1.39 bits per heavy atom. The first-order valence-corrected chi connectivity index (χ1v) is 7.93. The topological polar surface area (TPSA) is 66.0 Å². The maximum absolute atomic E-state index is 8.73. The number of nitriles is 2. The van der Waals surface area contributed by atoms with Crippen LogP contribution in [0.3, 0.4) is 0 Å². The van der Waals surface area contributed by atoms with Crippen molar-refractivity contribution in [2.45, 2.75) is 35.8 Å². The highest BCUT2D eigenvalue weighted by Gasteiger charge is 2.04. The normalized spacial score (nSPS) is 12.5. The van der Waals surface area contributed by atoms with E-state index in [1.54, 1.807) is 25.6 Å². The summed E-state index contributed by atoms with van der Waals surface area (Å²) in [6.07, 6.45) is -0.923. The zero-order valence-corrected chi connectivity index (χ0v) is 13.7. The maximum atomic E-state index is 8.73. The third-order valence-electron chi connectivity index (χ3n) is 2.87. The summed E-state index contributed by atoms with van der Waals surface area (Å²) in [6.45, 7) is 3.42. The molecule has 0 bridgehead atoms. The smallest absolute Gasteiger partial charge is 0.181 e. The van der Waals surface area contributed by atoms with Gasteiger partial charge in [0.2, 0.25) is 0 Å². The molecule has 0 amide bonds. The van der Waals surface area contributed by atoms with E-state index in [4.69, 9.17) is 20.0 Å². The molecule has 0 aromatic heterocycles. The molecule has 23 heavy (non-hydrogen) atoms. The second kappa shape index (κ2) is 8.12. The van der Waals surface area contributed by atoms with Gasteiger partial charge in [-0.05, 0) is 62.4 Å². The summed E-state index contributed by atoms with van der Waals surface area (Å²) < 4.78 is 10.8. The molecule has 0 fully saturated rings. The molecule has 2 aromatic rings. The van der Waals surface area contributed by atoms with Crippen LogP contribution in [0.4, 0.5) is 0 Å². The molecule has 0 spiro atoms. The number of ether oxygens (including phenoxy) is 2. The van der Waals surface area contributed by atoms with E-state index in [2.05, 4.69) is 0 Å². The van der Waals surface area contributed by atoms with Gasteiger partial charge in [-0.3, -0.25) is 0 Å². The van der Waals surface area contributed by atoms with Crippen LogP contribution in [0.25, 0.3) is 0 Å². The first kappa shape index (κ1) is 16.7. The molecule has 0 unspecified atom stereocenters. The molecule has 0 saturated heterocycles. The first-order chi connectivity index (χ1) is 11.1. The van der Waals surface area contributed by atoms with Crippen LogP contribution in [-0.2, 0) is 0 Å². The Morgan fingerprint density at radius 2 is 1.09 bits per heavy atom. The maximum Gasteiger partial charge on any atom is 0.181 e. The molecule has 2 rings (SSSR count). The lowest BCUT2D eigenvalue weighted by Crippen LogP contribution is -2.07. The molecule has 2 atom stereocenters. The van der Waals surface area contributed by atoms with Gasteiger partial charge in [-0.2, -0.15) is 10.5 Å². The van der Waals surface area contributed by atoms with Crippen molar-refractivity contribution in [3.05, 3.63) is 48.5 Å². The van der Waals surface area contributed by atoms with Crippen LogP contribution in [0.1, 0.15) is 13.8 Å². The van der Waals surface area contributed by atoms with Crippen molar-refractivity contribution < 1.29 is 9.47 Å². The molecule has 0 radical (unpaired) electrons. The number of hydrogen-bond donors (Lipinski definition) is 0. The van der Waals surface area contributed by atoms with Crippen molar-refractivity contribution in [2.75, 3.05) is 0 Å². The summed E-state index contributed by atoms with van der Waals surface area (Å²) in [5.74, 6) is 1.36. The van der Waals surface area contributed by atoms with E-state index in [9.17, 15) is 0 Å². The van der Waals surface area contributed by atoms with E-state index in [1.807, 2.05) is 60.7 Å². The number of rotatable bonds is 6. The van der Waals surface area contributed by atoms with E-state index in [0.29, 0.717) is 11.5 Å². The van der Waals surface area contributed by atoms with Crippen molar-refractivity contribution in [3.63, 3.8) is 0 Å². The van der Waals surface area contributed by atoms with Crippen LogP contribution in [0, 0.1) is 22.7 Å². The van der Waals surface area contributed by atoms with E-state index in [0.717, 1.165) is 9.79 Å². The second-order valence-corrected chi connectivity index (χ2v) is 5.97. The number of hydrogen-bond acceptors (Lipinski definition) is 5. The van der Waals surface area contributed by atoms with Gasteiger partial charge >= 0.3 is 0 Å². The fourth-order valence-electron chi connectivity index (χ4n) is 1.77. The van der Waals surface area contributed by atoms with E-state index < -0.39 is 12.2 Å². The Hall–Kier alpha value is -2.63. The van der Waals surface area contributed by atoms with Crippen molar-refractivity contribution >= 4 is 11.8 Å². The van der Waals surface area contributed by atoms with Crippen LogP contribution in [0.15, 0.2) is 58.3 Å². The molecule has 4 nitrogen and oxygen atoms in total. The molecule has 0 saturated carbocycles. The highest BCUT2D eigenvalue weighted by Crippen LogP contribution is 2.30. The quantitative estimate of drug-likeness (QED) is 0.787.